The summed E-state index contributed by atoms with van der Waals surface area (Å²) in [6, 6.07) is 7.24. The summed E-state index contributed by atoms with van der Waals surface area (Å²) in [5, 5.41) is 3.47. The van der Waals surface area contributed by atoms with Crippen LogP contribution < -0.4 is 5.32 Å². The highest BCUT2D eigenvalue weighted by Gasteiger charge is 2.20. The topological polar surface area (TPSA) is 15.3 Å². The van der Waals surface area contributed by atoms with Gasteiger partial charge in [-0.15, -0.1) is 0 Å². The van der Waals surface area contributed by atoms with Crippen LogP contribution in [0.4, 0.5) is 4.39 Å². The van der Waals surface area contributed by atoms with Gasteiger partial charge in [0.25, 0.3) is 0 Å². The monoisotopic (exact) mass is 264 g/mol. The minimum Gasteiger partial charge on any atom is -0.310 e. The lowest BCUT2D eigenvalue weighted by atomic mass is 10.0. The Morgan fingerprint density at radius 1 is 1.47 bits per heavy atom. The highest BCUT2D eigenvalue weighted by molar-refractivity contribution is 5.20. The fraction of sp³-hybridized carbons (Fsp3) is 0.625. The van der Waals surface area contributed by atoms with Crippen molar-refractivity contribution in [1.29, 1.82) is 0 Å². The minimum atomic E-state index is -0.143. The predicted molar refractivity (Wildman–Crippen MR) is 77.7 cm³/mol. The normalized spacial score (nSPS) is 21.7. The van der Waals surface area contributed by atoms with E-state index < -0.39 is 0 Å². The molecule has 0 saturated carbocycles. The summed E-state index contributed by atoms with van der Waals surface area (Å²) in [4.78, 5) is 2.52. The Morgan fingerprint density at radius 3 is 2.95 bits per heavy atom. The van der Waals surface area contributed by atoms with Crippen molar-refractivity contribution in [3.63, 3.8) is 0 Å². The molecule has 1 aromatic rings. The van der Waals surface area contributed by atoms with Gasteiger partial charge in [0.05, 0.1) is 0 Å². The number of nitrogens with zero attached hydrogens (tertiary/aromatic N) is 1. The fourth-order valence-electron chi connectivity index (χ4n) is 2.90. The molecule has 0 bridgehead atoms. The average molecular weight is 264 g/mol. The first-order valence-electron chi connectivity index (χ1n) is 7.40. The van der Waals surface area contributed by atoms with Crippen molar-refractivity contribution in [1.82, 2.24) is 10.2 Å². The minimum absolute atomic E-state index is 0.143. The van der Waals surface area contributed by atoms with Gasteiger partial charge in [0.1, 0.15) is 5.82 Å². The Labute approximate surface area is 116 Å². The molecule has 0 radical (unpaired) electrons. The Kier molecular flexibility index (Phi) is 5.34. The van der Waals surface area contributed by atoms with Gasteiger partial charge in [0.2, 0.25) is 0 Å². The van der Waals surface area contributed by atoms with Crippen LogP contribution in [0.25, 0.3) is 0 Å². The number of likely N-dealkylation sites (tertiary alicyclic amines) is 1. The molecule has 2 unspecified atom stereocenters. The standard InChI is InChI=1S/C16H25FN2/c1-3-18-16(14-5-4-6-15(17)11-14)8-10-19-9-7-13(2)12-19/h4-6,11,13,16,18H,3,7-10,12H2,1-2H3. The van der Waals surface area contributed by atoms with Gasteiger partial charge in [-0.2, -0.15) is 0 Å². The van der Waals surface area contributed by atoms with E-state index in [1.165, 1.54) is 25.6 Å². The second kappa shape index (κ2) is 7.01. The van der Waals surface area contributed by atoms with E-state index in [0.717, 1.165) is 31.0 Å². The SMILES string of the molecule is CCNC(CCN1CCC(C)C1)c1cccc(F)c1. The second-order valence-corrected chi connectivity index (χ2v) is 5.65. The van der Waals surface area contributed by atoms with Gasteiger partial charge < -0.3 is 10.2 Å². The lowest BCUT2D eigenvalue weighted by Gasteiger charge is -2.22. The Hall–Kier alpha value is -0.930. The molecule has 106 valence electrons. The lowest BCUT2D eigenvalue weighted by molar-refractivity contribution is 0.302. The Bertz CT molecular complexity index is 394. The van der Waals surface area contributed by atoms with E-state index in [1.807, 2.05) is 6.07 Å². The zero-order valence-corrected chi connectivity index (χ0v) is 12.0. The molecule has 19 heavy (non-hydrogen) atoms. The van der Waals surface area contributed by atoms with Crippen LogP contribution in [0.15, 0.2) is 24.3 Å². The fourth-order valence-corrected chi connectivity index (χ4v) is 2.90. The number of hydrogen-bond donors (Lipinski definition) is 1. The van der Waals surface area contributed by atoms with Gasteiger partial charge in [-0.25, -0.2) is 4.39 Å². The average Bonchev–Trinajstić information content (AvgIpc) is 2.80. The van der Waals surface area contributed by atoms with Crippen LogP contribution in [0.2, 0.25) is 0 Å². The van der Waals surface area contributed by atoms with Gasteiger partial charge in [-0.1, -0.05) is 26.0 Å². The van der Waals surface area contributed by atoms with Crippen molar-refractivity contribution in [2.24, 2.45) is 5.92 Å². The molecule has 1 fully saturated rings. The van der Waals surface area contributed by atoms with Crippen LogP contribution in [0.5, 0.6) is 0 Å². The van der Waals surface area contributed by atoms with Crippen LogP contribution in [0.1, 0.15) is 38.3 Å². The van der Waals surface area contributed by atoms with Crippen LogP contribution in [-0.2, 0) is 0 Å². The molecular weight excluding hydrogens is 239 g/mol. The third kappa shape index (κ3) is 4.29. The van der Waals surface area contributed by atoms with Gasteiger partial charge in [0, 0.05) is 12.6 Å². The molecule has 1 aliphatic rings. The highest BCUT2D eigenvalue weighted by Crippen LogP contribution is 2.21. The largest absolute Gasteiger partial charge is 0.310 e. The van der Waals surface area contributed by atoms with E-state index in [9.17, 15) is 4.39 Å². The van der Waals surface area contributed by atoms with Crippen molar-refractivity contribution in [2.45, 2.75) is 32.7 Å². The quantitative estimate of drug-likeness (QED) is 0.849. The maximum atomic E-state index is 13.3. The van der Waals surface area contributed by atoms with Gasteiger partial charge in [-0.05, 0) is 56.1 Å². The molecule has 2 atom stereocenters. The van der Waals surface area contributed by atoms with E-state index in [1.54, 1.807) is 12.1 Å². The number of hydrogen-bond acceptors (Lipinski definition) is 2. The number of nitrogens with one attached hydrogen (secondary N) is 1. The number of benzene rings is 1. The zero-order valence-electron chi connectivity index (χ0n) is 12.0. The molecule has 1 N–H and O–H groups in total. The van der Waals surface area contributed by atoms with Crippen molar-refractivity contribution in [3.05, 3.63) is 35.6 Å². The van der Waals surface area contributed by atoms with Crippen LogP contribution >= 0.6 is 0 Å². The maximum absolute atomic E-state index is 13.3. The summed E-state index contributed by atoms with van der Waals surface area (Å²) in [5.41, 5.74) is 1.06. The predicted octanol–water partition coefficient (Wildman–Crippen LogP) is 3.21. The number of rotatable bonds is 6. The summed E-state index contributed by atoms with van der Waals surface area (Å²) in [6.45, 7) is 8.85. The van der Waals surface area contributed by atoms with E-state index in [2.05, 4.69) is 24.1 Å². The first-order chi connectivity index (χ1) is 9.19. The summed E-state index contributed by atoms with van der Waals surface area (Å²) in [6.07, 6.45) is 2.36. The molecule has 0 aromatic heterocycles. The third-order valence-electron chi connectivity index (χ3n) is 3.94. The summed E-state index contributed by atoms with van der Waals surface area (Å²) >= 11 is 0. The zero-order chi connectivity index (χ0) is 13.7. The van der Waals surface area contributed by atoms with Crippen molar-refractivity contribution in [2.75, 3.05) is 26.2 Å². The molecule has 0 amide bonds. The highest BCUT2D eigenvalue weighted by atomic mass is 19.1. The van der Waals surface area contributed by atoms with Gasteiger partial charge >= 0.3 is 0 Å². The summed E-state index contributed by atoms with van der Waals surface area (Å²) in [5.74, 6) is 0.682. The van der Waals surface area contributed by atoms with Gasteiger partial charge in [0.15, 0.2) is 0 Å². The van der Waals surface area contributed by atoms with Crippen molar-refractivity contribution >= 4 is 0 Å². The van der Waals surface area contributed by atoms with Crippen LogP contribution in [0.3, 0.4) is 0 Å². The Morgan fingerprint density at radius 2 is 2.32 bits per heavy atom. The second-order valence-electron chi connectivity index (χ2n) is 5.65. The van der Waals surface area contributed by atoms with E-state index >= 15 is 0 Å². The first kappa shape index (κ1) is 14.5. The molecule has 3 heteroatoms. The molecule has 2 rings (SSSR count). The maximum Gasteiger partial charge on any atom is 0.123 e. The molecule has 1 saturated heterocycles. The molecule has 0 aliphatic carbocycles. The van der Waals surface area contributed by atoms with E-state index in [-0.39, 0.29) is 11.9 Å². The summed E-state index contributed by atoms with van der Waals surface area (Å²) < 4.78 is 13.3. The lowest BCUT2D eigenvalue weighted by Crippen LogP contribution is -2.28. The molecule has 1 aliphatic heterocycles. The van der Waals surface area contributed by atoms with Crippen molar-refractivity contribution in [3.8, 4) is 0 Å². The molecule has 1 aromatic carbocycles. The van der Waals surface area contributed by atoms with Crippen molar-refractivity contribution < 1.29 is 4.39 Å². The molecule has 1 heterocycles. The van der Waals surface area contributed by atoms with Crippen LogP contribution in [-0.4, -0.2) is 31.1 Å². The van der Waals surface area contributed by atoms with Crippen LogP contribution in [0, 0.1) is 11.7 Å². The number of halogens is 1. The molecule has 2 nitrogen and oxygen atoms in total. The molecule has 0 spiro atoms. The first-order valence-corrected chi connectivity index (χ1v) is 7.40. The van der Waals surface area contributed by atoms with Gasteiger partial charge in [-0.3, -0.25) is 0 Å². The molecular formula is C16H25FN2. The third-order valence-corrected chi connectivity index (χ3v) is 3.94. The smallest absolute Gasteiger partial charge is 0.123 e. The Balaban J connectivity index is 1.92. The summed E-state index contributed by atoms with van der Waals surface area (Å²) in [7, 11) is 0. The van der Waals surface area contributed by atoms with E-state index in [0.29, 0.717) is 0 Å². The van der Waals surface area contributed by atoms with E-state index in [4.69, 9.17) is 0 Å².